The van der Waals surface area contributed by atoms with Crippen molar-refractivity contribution in [2.24, 2.45) is 0 Å². The number of pyridine rings is 1. The molecule has 1 aromatic heterocycles. The first-order chi connectivity index (χ1) is 13.6. The predicted octanol–water partition coefficient (Wildman–Crippen LogP) is 2.91. The van der Waals surface area contributed by atoms with Crippen LogP contribution in [0.5, 0.6) is 5.75 Å². The van der Waals surface area contributed by atoms with E-state index in [9.17, 15) is 14.7 Å². The molecule has 7 heteroatoms. The Bertz CT molecular complexity index is 1090. The third kappa shape index (κ3) is 3.20. The molecule has 0 spiro atoms. The van der Waals surface area contributed by atoms with Crippen molar-refractivity contribution < 1.29 is 19.4 Å². The normalized spacial score (nSPS) is 16.4. The van der Waals surface area contributed by atoms with Gasteiger partial charge in [-0.05, 0) is 42.6 Å². The lowest BCUT2D eigenvalue weighted by Gasteiger charge is -2.14. The van der Waals surface area contributed by atoms with Gasteiger partial charge in [0.25, 0.3) is 5.56 Å². The van der Waals surface area contributed by atoms with E-state index in [1.54, 1.807) is 18.2 Å². The minimum Gasteiger partial charge on any atom is -0.493 e. The number of nitrogens with one attached hydrogen (secondary N) is 1. The van der Waals surface area contributed by atoms with E-state index in [2.05, 4.69) is 4.98 Å². The summed E-state index contributed by atoms with van der Waals surface area (Å²) in [5.74, 6) is 0.700. The molecule has 4 rings (SSSR count). The van der Waals surface area contributed by atoms with E-state index in [1.807, 2.05) is 37.3 Å². The zero-order valence-electron chi connectivity index (χ0n) is 15.3. The number of hydrogen-bond acceptors (Lipinski definition) is 5. The number of fused-ring (bicyclic) bond motifs is 1. The van der Waals surface area contributed by atoms with Gasteiger partial charge in [0, 0.05) is 16.6 Å². The number of anilines is 1. The second-order valence-electron chi connectivity index (χ2n) is 6.51. The van der Waals surface area contributed by atoms with Crippen molar-refractivity contribution in [2.75, 3.05) is 24.7 Å². The highest BCUT2D eigenvalue weighted by Gasteiger charge is 2.31. The number of ether oxygens (including phenoxy) is 2. The van der Waals surface area contributed by atoms with Crippen LogP contribution >= 0.6 is 0 Å². The van der Waals surface area contributed by atoms with Gasteiger partial charge in [-0.1, -0.05) is 18.2 Å². The minimum absolute atomic E-state index is 0.237. The van der Waals surface area contributed by atoms with Gasteiger partial charge in [-0.25, -0.2) is 4.79 Å². The molecule has 0 bridgehead atoms. The molecule has 2 N–H and O–H groups in total. The fourth-order valence-electron chi connectivity index (χ4n) is 3.36. The van der Waals surface area contributed by atoms with Crippen LogP contribution in [-0.2, 0) is 4.74 Å². The number of H-pyrrole nitrogens is 1. The Labute approximate surface area is 161 Å². The van der Waals surface area contributed by atoms with E-state index in [1.165, 1.54) is 4.90 Å². The summed E-state index contributed by atoms with van der Waals surface area (Å²) in [5, 5.41) is 10.4. The highest BCUT2D eigenvalue weighted by atomic mass is 16.6. The number of nitrogens with zero attached hydrogens (tertiary/aromatic N) is 1. The molecule has 3 aromatic rings. The van der Waals surface area contributed by atoms with Gasteiger partial charge < -0.3 is 19.6 Å². The standard InChI is InChI=1S/C21H20N2O5/c1-2-27-19-6-4-3-5-16(19)18-9-13-7-8-14(10-17(13)20(25)22-18)23-11-15(12-24)28-21(23)26/h3-10,15,24H,2,11-12H2,1H3,(H,22,25)/t15-/m1/s1. The third-order valence-electron chi connectivity index (χ3n) is 4.70. The van der Waals surface area contributed by atoms with Crippen LogP contribution in [0.4, 0.5) is 10.5 Å². The number of aromatic amines is 1. The van der Waals surface area contributed by atoms with Gasteiger partial charge in [-0.3, -0.25) is 9.69 Å². The largest absolute Gasteiger partial charge is 0.493 e. The maximum Gasteiger partial charge on any atom is 0.414 e. The van der Waals surface area contributed by atoms with Crippen molar-refractivity contribution in [1.29, 1.82) is 0 Å². The molecule has 1 atom stereocenters. The van der Waals surface area contributed by atoms with E-state index in [0.717, 1.165) is 10.9 Å². The number of aliphatic hydroxyl groups is 1. The van der Waals surface area contributed by atoms with Gasteiger partial charge >= 0.3 is 6.09 Å². The van der Waals surface area contributed by atoms with E-state index in [4.69, 9.17) is 9.47 Å². The molecule has 1 aliphatic heterocycles. The first-order valence-electron chi connectivity index (χ1n) is 9.09. The van der Waals surface area contributed by atoms with Gasteiger partial charge in [0.2, 0.25) is 0 Å². The predicted molar refractivity (Wildman–Crippen MR) is 106 cm³/mol. The van der Waals surface area contributed by atoms with E-state index < -0.39 is 12.2 Å². The maximum atomic E-state index is 12.7. The highest BCUT2D eigenvalue weighted by molar-refractivity contribution is 5.94. The molecule has 0 radical (unpaired) electrons. The van der Waals surface area contributed by atoms with Crippen LogP contribution in [0.1, 0.15) is 6.92 Å². The molecule has 1 aliphatic rings. The van der Waals surface area contributed by atoms with Crippen LogP contribution in [0.3, 0.4) is 0 Å². The number of hydrogen-bond donors (Lipinski definition) is 2. The van der Waals surface area contributed by atoms with Crippen LogP contribution in [0, 0.1) is 0 Å². The van der Waals surface area contributed by atoms with Crippen molar-refractivity contribution in [3.63, 3.8) is 0 Å². The summed E-state index contributed by atoms with van der Waals surface area (Å²) in [6.45, 7) is 2.45. The van der Waals surface area contributed by atoms with Gasteiger partial charge in [0.15, 0.2) is 0 Å². The van der Waals surface area contributed by atoms with Crippen molar-refractivity contribution in [3.05, 3.63) is 58.9 Å². The highest BCUT2D eigenvalue weighted by Crippen LogP contribution is 2.30. The maximum absolute atomic E-state index is 12.7. The summed E-state index contributed by atoms with van der Waals surface area (Å²) in [6, 6.07) is 14.6. The third-order valence-corrected chi connectivity index (χ3v) is 4.70. The zero-order chi connectivity index (χ0) is 19.7. The van der Waals surface area contributed by atoms with Crippen molar-refractivity contribution >= 4 is 22.6 Å². The van der Waals surface area contributed by atoms with Crippen LogP contribution < -0.4 is 15.2 Å². The van der Waals surface area contributed by atoms with E-state index >= 15 is 0 Å². The first kappa shape index (κ1) is 18.1. The van der Waals surface area contributed by atoms with E-state index in [0.29, 0.717) is 29.1 Å². The number of benzene rings is 2. The average Bonchev–Trinajstić information content (AvgIpc) is 3.09. The second-order valence-corrected chi connectivity index (χ2v) is 6.51. The summed E-state index contributed by atoms with van der Waals surface area (Å²) in [6.07, 6.45) is -1.09. The molecule has 0 aliphatic carbocycles. The van der Waals surface area contributed by atoms with Crippen LogP contribution in [-0.4, -0.2) is 42.0 Å². The molecule has 28 heavy (non-hydrogen) atoms. The molecule has 2 aromatic carbocycles. The Balaban J connectivity index is 1.76. The molecular weight excluding hydrogens is 360 g/mol. The summed E-state index contributed by atoms with van der Waals surface area (Å²) < 4.78 is 10.7. The summed E-state index contributed by atoms with van der Waals surface area (Å²) >= 11 is 0. The number of amides is 1. The quantitative estimate of drug-likeness (QED) is 0.710. The second kappa shape index (κ2) is 7.36. The number of rotatable bonds is 5. The molecule has 0 saturated carbocycles. The van der Waals surface area contributed by atoms with Gasteiger partial charge in [-0.15, -0.1) is 0 Å². The number of aromatic nitrogens is 1. The average molecular weight is 380 g/mol. The van der Waals surface area contributed by atoms with Crippen LogP contribution in [0.2, 0.25) is 0 Å². The number of para-hydroxylation sites is 1. The number of aliphatic hydroxyl groups excluding tert-OH is 1. The van der Waals surface area contributed by atoms with Crippen LogP contribution in [0.15, 0.2) is 53.3 Å². The molecular formula is C21H20N2O5. The Morgan fingerprint density at radius 3 is 2.79 bits per heavy atom. The summed E-state index contributed by atoms with van der Waals surface area (Å²) in [7, 11) is 0. The van der Waals surface area contributed by atoms with Crippen LogP contribution in [0.25, 0.3) is 22.0 Å². The van der Waals surface area contributed by atoms with E-state index in [-0.39, 0.29) is 18.7 Å². The summed E-state index contributed by atoms with van der Waals surface area (Å²) in [4.78, 5) is 29.1. The van der Waals surface area contributed by atoms with Crippen molar-refractivity contribution in [2.45, 2.75) is 13.0 Å². The lowest BCUT2D eigenvalue weighted by molar-refractivity contribution is 0.0963. The number of cyclic esters (lactones) is 1. The lowest BCUT2D eigenvalue weighted by Crippen LogP contribution is -2.25. The Hall–Kier alpha value is -3.32. The summed E-state index contributed by atoms with van der Waals surface area (Å²) in [5.41, 5.74) is 1.77. The van der Waals surface area contributed by atoms with Crippen molar-refractivity contribution in [1.82, 2.24) is 4.98 Å². The van der Waals surface area contributed by atoms with Gasteiger partial charge in [0.05, 0.1) is 25.5 Å². The number of carbonyl (C=O) groups excluding carboxylic acids is 1. The van der Waals surface area contributed by atoms with Gasteiger partial charge in [0.1, 0.15) is 11.9 Å². The molecule has 2 heterocycles. The molecule has 1 fully saturated rings. The monoisotopic (exact) mass is 380 g/mol. The first-order valence-corrected chi connectivity index (χ1v) is 9.09. The van der Waals surface area contributed by atoms with Crippen molar-refractivity contribution in [3.8, 4) is 17.0 Å². The fourth-order valence-corrected chi connectivity index (χ4v) is 3.36. The Kier molecular flexibility index (Phi) is 4.75. The molecule has 1 amide bonds. The smallest absolute Gasteiger partial charge is 0.414 e. The fraction of sp³-hybridized carbons (Fsp3) is 0.238. The minimum atomic E-state index is -0.557. The topological polar surface area (TPSA) is 91.9 Å². The SMILES string of the molecule is CCOc1ccccc1-c1cc2ccc(N3C[C@H](CO)OC3=O)cc2c(=O)[nH]1. The molecule has 144 valence electrons. The zero-order valence-corrected chi connectivity index (χ0v) is 15.3. The molecule has 1 saturated heterocycles. The Morgan fingerprint density at radius 2 is 2.04 bits per heavy atom. The number of carbonyl (C=O) groups is 1. The molecule has 7 nitrogen and oxygen atoms in total. The molecule has 0 unspecified atom stereocenters. The Morgan fingerprint density at radius 1 is 1.21 bits per heavy atom. The lowest BCUT2D eigenvalue weighted by atomic mass is 10.1. The van der Waals surface area contributed by atoms with Gasteiger partial charge in [-0.2, -0.15) is 0 Å².